The van der Waals surface area contributed by atoms with Crippen molar-refractivity contribution in [2.24, 2.45) is 0 Å². The van der Waals surface area contributed by atoms with E-state index in [1.54, 1.807) is 0 Å². The maximum atomic E-state index is 9.90. The Morgan fingerprint density at radius 1 is 0.700 bits per heavy atom. The van der Waals surface area contributed by atoms with Gasteiger partial charge in [-0.1, -0.05) is 6.92 Å². The number of aliphatic carboxylic acids is 4. The molecule has 118 valence electrons. The van der Waals surface area contributed by atoms with Crippen molar-refractivity contribution in [3.8, 4) is 0 Å². The summed E-state index contributed by atoms with van der Waals surface area (Å²) in [5.41, 5.74) is 0. The van der Waals surface area contributed by atoms with E-state index in [1.165, 1.54) is 0 Å². The largest absolute Gasteiger partial charge is 0.481 e. The molecule has 4 N–H and O–H groups in total. The molecule has 8 heteroatoms. The lowest BCUT2D eigenvalue weighted by Gasteiger charge is -1.92. The van der Waals surface area contributed by atoms with Crippen molar-refractivity contribution in [3.05, 3.63) is 0 Å². The predicted octanol–water partition coefficient (Wildman–Crippen LogP) is 1.68. The molecule has 0 aliphatic carbocycles. The fourth-order valence-electron chi connectivity index (χ4n) is 0.766. The molecule has 0 spiro atoms. The van der Waals surface area contributed by atoms with Gasteiger partial charge in [-0.2, -0.15) is 0 Å². The van der Waals surface area contributed by atoms with E-state index in [1.807, 2.05) is 6.92 Å². The van der Waals surface area contributed by atoms with Crippen LogP contribution in [0, 0.1) is 0 Å². The lowest BCUT2D eigenvalue weighted by Crippen LogP contribution is -1.97. The smallest absolute Gasteiger partial charge is 0.303 e. The van der Waals surface area contributed by atoms with Gasteiger partial charge in [0.2, 0.25) is 0 Å². The molecule has 0 saturated carbocycles. The van der Waals surface area contributed by atoms with Crippen LogP contribution in [-0.4, -0.2) is 44.3 Å². The SMILES string of the molecule is CC(=O)O.CCCC(=O)O.O=C(O)CCCCC(=O)O. The van der Waals surface area contributed by atoms with Gasteiger partial charge in [-0.25, -0.2) is 0 Å². The molecule has 0 heterocycles. The van der Waals surface area contributed by atoms with Gasteiger partial charge >= 0.3 is 17.9 Å². The summed E-state index contributed by atoms with van der Waals surface area (Å²) < 4.78 is 0. The number of carboxylic acids is 4. The molecule has 0 rings (SSSR count). The number of hydrogen-bond acceptors (Lipinski definition) is 4. The summed E-state index contributed by atoms with van der Waals surface area (Å²) in [5, 5.41) is 31.6. The van der Waals surface area contributed by atoms with Crippen LogP contribution >= 0.6 is 0 Å². The Kier molecular flexibility index (Phi) is 19.4. The normalized spacial score (nSPS) is 8.30. The average Bonchev–Trinajstić information content (AvgIpc) is 2.23. The van der Waals surface area contributed by atoms with Gasteiger partial charge in [0.15, 0.2) is 0 Å². The molecule has 0 saturated heterocycles. The molecule has 0 atom stereocenters. The first-order valence-corrected chi connectivity index (χ1v) is 5.98. The Balaban J connectivity index is -0.000000246. The van der Waals surface area contributed by atoms with Gasteiger partial charge in [-0.05, 0) is 19.3 Å². The highest BCUT2D eigenvalue weighted by Gasteiger charge is 1.99. The van der Waals surface area contributed by atoms with Crippen LogP contribution in [0.15, 0.2) is 0 Å². The van der Waals surface area contributed by atoms with Crippen LogP contribution in [0.25, 0.3) is 0 Å². The highest BCUT2D eigenvalue weighted by Crippen LogP contribution is 1.98. The highest BCUT2D eigenvalue weighted by atomic mass is 16.4. The Morgan fingerprint density at radius 3 is 1.05 bits per heavy atom. The van der Waals surface area contributed by atoms with Crippen LogP contribution in [0.4, 0.5) is 0 Å². The molecule has 8 nitrogen and oxygen atoms in total. The molecule has 0 aromatic heterocycles. The summed E-state index contributed by atoms with van der Waals surface area (Å²) in [7, 11) is 0. The molecule has 0 unspecified atom stereocenters. The zero-order valence-electron chi connectivity index (χ0n) is 11.7. The fraction of sp³-hybridized carbons (Fsp3) is 0.667. The number of carboxylic acid groups (broad SMARTS) is 4. The van der Waals surface area contributed by atoms with Crippen molar-refractivity contribution in [2.75, 3.05) is 0 Å². The maximum Gasteiger partial charge on any atom is 0.303 e. The first kappa shape index (κ1) is 23.0. The van der Waals surface area contributed by atoms with E-state index in [2.05, 4.69) is 0 Å². The summed E-state index contributed by atoms with van der Waals surface area (Å²) in [6.45, 7) is 2.92. The number of hydrogen-bond donors (Lipinski definition) is 4. The van der Waals surface area contributed by atoms with Gasteiger partial charge in [-0.15, -0.1) is 0 Å². The van der Waals surface area contributed by atoms with Crippen molar-refractivity contribution in [3.63, 3.8) is 0 Å². The molecule has 0 radical (unpaired) electrons. The average molecular weight is 294 g/mol. The van der Waals surface area contributed by atoms with Gasteiger partial charge in [0.1, 0.15) is 0 Å². The molecule has 0 aliphatic heterocycles. The molecule has 0 fully saturated rings. The van der Waals surface area contributed by atoms with Crippen LogP contribution in [0.1, 0.15) is 52.4 Å². The molecule has 0 aromatic carbocycles. The van der Waals surface area contributed by atoms with E-state index < -0.39 is 23.9 Å². The minimum Gasteiger partial charge on any atom is -0.481 e. The zero-order valence-corrected chi connectivity index (χ0v) is 11.7. The van der Waals surface area contributed by atoms with Crippen LogP contribution in [-0.2, 0) is 19.2 Å². The minimum absolute atomic E-state index is 0.0628. The topological polar surface area (TPSA) is 149 Å². The predicted molar refractivity (Wildman–Crippen MR) is 69.6 cm³/mol. The number of rotatable bonds is 7. The lowest BCUT2D eigenvalue weighted by atomic mass is 10.2. The number of unbranched alkanes of at least 4 members (excludes halogenated alkanes) is 1. The summed E-state index contributed by atoms with van der Waals surface area (Å²) in [6.07, 6.45) is 2.04. The highest BCUT2D eigenvalue weighted by molar-refractivity contribution is 5.68. The molecule has 0 aromatic rings. The standard InChI is InChI=1S/C6H10O4.C4H8O2.C2H4O2/c7-5(8)3-1-2-4-6(9)10;1-2-3-4(5)6;1-2(3)4/h1-4H2,(H,7,8)(H,9,10);2-3H2,1H3,(H,5,6);1H3,(H,3,4). The third-order valence-corrected chi connectivity index (χ3v) is 1.50. The van der Waals surface area contributed by atoms with Gasteiger partial charge < -0.3 is 20.4 Å². The second kappa shape index (κ2) is 16.9. The second-order valence-corrected chi connectivity index (χ2v) is 3.66. The third kappa shape index (κ3) is 56.6. The van der Waals surface area contributed by atoms with E-state index in [9.17, 15) is 14.4 Å². The van der Waals surface area contributed by atoms with Crippen molar-refractivity contribution in [1.29, 1.82) is 0 Å². The Bertz CT molecular complexity index is 278. The second-order valence-electron chi connectivity index (χ2n) is 3.66. The Hall–Kier alpha value is -2.12. The molecule has 20 heavy (non-hydrogen) atoms. The van der Waals surface area contributed by atoms with Crippen LogP contribution in [0.5, 0.6) is 0 Å². The summed E-state index contributed by atoms with van der Waals surface area (Å²) in [5.74, 6) is -3.28. The monoisotopic (exact) mass is 294 g/mol. The summed E-state index contributed by atoms with van der Waals surface area (Å²) in [6, 6.07) is 0. The van der Waals surface area contributed by atoms with Crippen LogP contribution in [0.2, 0.25) is 0 Å². The van der Waals surface area contributed by atoms with E-state index >= 15 is 0 Å². The first-order chi connectivity index (χ1) is 9.13. The molecule has 0 bridgehead atoms. The molecule has 0 aliphatic rings. The van der Waals surface area contributed by atoms with Crippen molar-refractivity contribution >= 4 is 23.9 Å². The Morgan fingerprint density at radius 2 is 0.950 bits per heavy atom. The first-order valence-electron chi connectivity index (χ1n) is 5.98. The summed E-state index contributed by atoms with van der Waals surface area (Å²) in [4.78, 5) is 38.4. The van der Waals surface area contributed by atoms with Gasteiger partial charge in [-0.3, -0.25) is 19.2 Å². The van der Waals surface area contributed by atoms with E-state index in [0.29, 0.717) is 19.3 Å². The maximum absolute atomic E-state index is 9.90. The minimum atomic E-state index is -0.870. The lowest BCUT2D eigenvalue weighted by molar-refractivity contribution is -0.139. The number of carbonyl (C=O) groups is 4. The Labute approximate surface area is 117 Å². The molecule has 0 amide bonds. The van der Waals surface area contributed by atoms with E-state index in [4.69, 9.17) is 25.2 Å². The van der Waals surface area contributed by atoms with Gasteiger partial charge in [0, 0.05) is 26.2 Å². The third-order valence-electron chi connectivity index (χ3n) is 1.50. The fourth-order valence-corrected chi connectivity index (χ4v) is 0.766. The zero-order chi connectivity index (χ0) is 16.6. The van der Waals surface area contributed by atoms with Crippen LogP contribution < -0.4 is 0 Å². The van der Waals surface area contributed by atoms with E-state index in [-0.39, 0.29) is 12.8 Å². The molecular weight excluding hydrogens is 272 g/mol. The van der Waals surface area contributed by atoms with E-state index in [0.717, 1.165) is 13.3 Å². The van der Waals surface area contributed by atoms with Crippen LogP contribution in [0.3, 0.4) is 0 Å². The van der Waals surface area contributed by atoms with Gasteiger partial charge in [0.25, 0.3) is 5.97 Å². The van der Waals surface area contributed by atoms with Crippen molar-refractivity contribution in [1.82, 2.24) is 0 Å². The van der Waals surface area contributed by atoms with Crippen molar-refractivity contribution < 1.29 is 39.6 Å². The van der Waals surface area contributed by atoms with Crippen molar-refractivity contribution in [2.45, 2.75) is 52.4 Å². The summed E-state index contributed by atoms with van der Waals surface area (Å²) >= 11 is 0. The quantitative estimate of drug-likeness (QED) is 0.518. The van der Waals surface area contributed by atoms with Gasteiger partial charge in [0.05, 0.1) is 0 Å². The molecular formula is C12H22O8.